The second-order valence-electron chi connectivity index (χ2n) is 3.56. The van der Waals surface area contributed by atoms with Gasteiger partial charge in [-0.05, 0) is 25.2 Å². The Morgan fingerprint density at radius 2 is 1.94 bits per heavy atom. The van der Waals surface area contributed by atoms with E-state index in [1.54, 1.807) is 19.2 Å². The van der Waals surface area contributed by atoms with Gasteiger partial charge in [0, 0.05) is 18.1 Å². The number of carbonyl (C=O) groups excluding carboxylic acids is 2. The molecule has 1 aliphatic rings. The van der Waals surface area contributed by atoms with Gasteiger partial charge < -0.3 is 5.32 Å². The highest BCUT2D eigenvalue weighted by Crippen LogP contribution is 2.25. The molecule has 0 spiro atoms. The van der Waals surface area contributed by atoms with Gasteiger partial charge in [-0.2, -0.15) is 0 Å². The van der Waals surface area contributed by atoms with Crippen molar-refractivity contribution in [3.63, 3.8) is 0 Å². The SMILES string of the molecule is CNCCN1C(=O)c2ccc(Cl)cc2C1=O. The van der Waals surface area contributed by atoms with Crippen LogP contribution in [0.4, 0.5) is 0 Å². The van der Waals surface area contributed by atoms with Crippen molar-refractivity contribution in [1.29, 1.82) is 0 Å². The van der Waals surface area contributed by atoms with Crippen molar-refractivity contribution in [1.82, 2.24) is 10.2 Å². The summed E-state index contributed by atoms with van der Waals surface area (Å²) in [6, 6.07) is 4.75. The minimum absolute atomic E-state index is 0.244. The largest absolute Gasteiger partial charge is 0.318 e. The second kappa shape index (κ2) is 4.23. The van der Waals surface area contributed by atoms with Gasteiger partial charge >= 0.3 is 0 Å². The van der Waals surface area contributed by atoms with Crippen LogP contribution in [-0.4, -0.2) is 36.9 Å². The minimum Gasteiger partial charge on any atom is -0.318 e. The molecule has 2 amide bonds. The summed E-state index contributed by atoms with van der Waals surface area (Å²) in [5.74, 6) is -0.510. The van der Waals surface area contributed by atoms with Crippen molar-refractivity contribution in [3.8, 4) is 0 Å². The lowest BCUT2D eigenvalue weighted by atomic mass is 10.1. The van der Waals surface area contributed by atoms with Gasteiger partial charge in [0.25, 0.3) is 11.8 Å². The number of hydrogen-bond acceptors (Lipinski definition) is 3. The van der Waals surface area contributed by atoms with Gasteiger partial charge in [-0.25, -0.2) is 0 Å². The maximum absolute atomic E-state index is 11.9. The Kier molecular flexibility index (Phi) is 2.94. The van der Waals surface area contributed by atoms with Crippen LogP contribution in [0.3, 0.4) is 0 Å². The lowest BCUT2D eigenvalue weighted by Gasteiger charge is -2.12. The number of likely N-dealkylation sites (N-methyl/N-ethyl adjacent to an activating group) is 1. The fraction of sp³-hybridized carbons (Fsp3) is 0.273. The molecule has 0 radical (unpaired) electrons. The molecule has 0 aromatic heterocycles. The van der Waals surface area contributed by atoms with E-state index in [0.717, 1.165) is 0 Å². The number of nitrogens with one attached hydrogen (secondary N) is 1. The first kappa shape index (κ1) is 11.1. The highest BCUT2D eigenvalue weighted by molar-refractivity contribution is 6.32. The third-order valence-electron chi connectivity index (χ3n) is 2.52. The predicted molar refractivity (Wildman–Crippen MR) is 60.7 cm³/mol. The van der Waals surface area contributed by atoms with E-state index >= 15 is 0 Å². The monoisotopic (exact) mass is 238 g/mol. The smallest absolute Gasteiger partial charge is 0.261 e. The summed E-state index contributed by atoms with van der Waals surface area (Å²) >= 11 is 5.79. The van der Waals surface area contributed by atoms with E-state index in [-0.39, 0.29) is 11.8 Å². The van der Waals surface area contributed by atoms with Crippen LogP contribution in [0.15, 0.2) is 18.2 Å². The molecule has 0 fully saturated rings. The molecular weight excluding hydrogens is 228 g/mol. The van der Waals surface area contributed by atoms with Gasteiger partial charge in [0.15, 0.2) is 0 Å². The van der Waals surface area contributed by atoms with Gasteiger partial charge in [0.05, 0.1) is 11.1 Å². The number of imide groups is 1. The van der Waals surface area contributed by atoms with Crippen LogP contribution >= 0.6 is 11.6 Å². The van der Waals surface area contributed by atoms with E-state index in [4.69, 9.17) is 11.6 Å². The lowest BCUT2D eigenvalue weighted by Crippen LogP contribution is -2.35. The van der Waals surface area contributed by atoms with E-state index in [0.29, 0.717) is 29.2 Å². The van der Waals surface area contributed by atoms with Crippen LogP contribution in [0, 0.1) is 0 Å². The number of nitrogens with zero attached hydrogens (tertiary/aromatic N) is 1. The van der Waals surface area contributed by atoms with Crippen molar-refractivity contribution < 1.29 is 9.59 Å². The van der Waals surface area contributed by atoms with Crippen LogP contribution < -0.4 is 5.32 Å². The quantitative estimate of drug-likeness (QED) is 0.804. The molecule has 2 rings (SSSR count). The Hall–Kier alpha value is -1.39. The Morgan fingerprint density at radius 3 is 2.62 bits per heavy atom. The van der Waals surface area contributed by atoms with E-state index in [9.17, 15) is 9.59 Å². The Morgan fingerprint density at radius 1 is 1.25 bits per heavy atom. The zero-order chi connectivity index (χ0) is 11.7. The van der Waals surface area contributed by atoms with E-state index in [2.05, 4.69) is 5.32 Å². The Balaban J connectivity index is 2.33. The van der Waals surface area contributed by atoms with Gasteiger partial charge in [-0.3, -0.25) is 14.5 Å². The molecule has 16 heavy (non-hydrogen) atoms. The third-order valence-corrected chi connectivity index (χ3v) is 2.75. The van der Waals surface area contributed by atoms with Crippen LogP contribution in [0.1, 0.15) is 20.7 Å². The van der Waals surface area contributed by atoms with Gasteiger partial charge in [-0.15, -0.1) is 0 Å². The van der Waals surface area contributed by atoms with Crippen molar-refractivity contribution in [2.75, 3.05) is 20.1 Å². The van der Waals surface area contributed by atoms with E-state index in [1.165, 1.54) is 11.0 Å². The fourth-order valence-corrected chi connectivity index (χ4v) is 1.86. The van der Waals surface area contributed by atoms with Crippen LogP contribution in [-0.2, 0) is 0 Å². The zero-order valence-electron chi connectivity index (χ0n) is 8.79. The fourth-order valence-electron chi connectivity index (χ4n) is 1.69. The van der Waals surface area contributed by atoms with Crippen LogP contribution in [0.25, 0.3) is 0 Å². The first-order valence-electron chi connectivity index (χ1n) is 4.95. The molecular formula is C11H11ClN2O2. The molecule has 0 unspecified atom stereocenters. The van der Waals surface area contributed by atoms with E-state index < -0.39 is 0 Å². The molecule has 1 N–H and O–H groups in total. The molecule has 4 nitrogen and oxygen atoms in total. The van der Waals surface area contributed by atoms with Gasteiger partial charge in [0.1, 0.15) is 0 Å². The number of fused-ring (bicyclic) bond motifs is 1. The third kappa shape index (κ3) is 1.70. The first-order valence-corrected chi connectivity index (χ1v) is 5.33. The molecule has 1 heterocycles. The number of benzene rings is 1. The molecule has 0 bridgehead atoms. The summed E-state index contributed by atoms with van der Waals surface area (Å²) in [4.78, 5) is 25.0. The van der Waals surface area contributed by atoms with Crippen LogP contribution in [0.5, 0.6) is 0 Å². The normalized spacial score (nSPS) is 14.5. The second-order valence-corrected chi connectivity index (χ2v) is 3.99. The zero-order valence-corrected chi connectivity index (χ0v) is 9.54. The van der Waals surface area contributed by atoms with Gasteiger partial charge in [0.2, 0.25) is 0 Å². The summed E-state index contributed by atoms with van der Waals surface area (Å²) in [6.07, 6.45) is 0. The number of carbonyl (C=O) groups is 2. The molecule has 0 aliphatic carbocycles. The topological polar surface area (TPSA) is 49.4 Å². The molecule has 1 aromatic rings. The summed E-state index contributed by atoms with van der Waals surface area (Å²) < 4.78 is 0. The molecule has 5 heteroatoms. The van der Waals surface area contributed by atoms with Crippen LogP contribution in [0.2, 0.25) is 5.02 Å². The van der Waals surface area contributed by atoms with Crippen molar-refractivity contribution in [2.45, 2.75) is 0 Å². The Bertz CT molecular complexity index is 459. The molecule has 1 aromatic carbocycles. The summed E-state index contributed by atoms with van der Waals surface area (Å²) in [5, 5.41) is 3.37. The van der Waals surface area contributed by atoms with Gasteiger partial charge in [-0.1, -0.05) is 11.6 Å². The molecule has 84 valence electrons. The lowest BCUT2D eigenvalue weighted by molar-refractivity contribution is 0.0656. The molecule has 0 saturated heterocycles. The summed E-state index contributed by atoms with van der Waals surface area (Å²) in [7, 11) is 1.77. The van der Waals surface area contributed by atoms with Crippen molar-refractivity contribution >= 4 is 23.4 Å². The number of hydrogen-bond donors (Lipinski definition) is 1. The van der Waals surface area contributed by atoms with Crippen molar-refractivity contribution in [2.24, 2.45) is 0 Å². The minimum atomic E-state index is -0.266. The molecule has 0 saturated carbocycles. The number of halogens is 1. The molecule has 0 atom stereocenters. The average Bonchev–Trinajstić information content (AvgIpc) is 2.50. The standard InChI is InChI=1S/C11H11ClN2O2/c1-13-4-5-14-10(15)8-3-2-7(12)6-9(8)11(14)16/h2-3,6,13H,4-5H2,1H3. The van der Waals surface area contributed by atoms with Crippen molar-refractivity contribution in [3.05, 3.63) is 34.3 Å². The maximum Gasteiger partial charge on any atom is 0.261 e. The predicted octanol–water partition coefficient (Wildman–Crippen LogP) is 1.16. The average molecular weight is 239 g/mol. The Labute approximate surface area is 98.2 Å². The molecule has 1 aliphatic heterocycles. The first-order chi connectivity index (χ1) is 7.65. The highest BCUT2D eigenvalue weighted by atomic mass is 35.5. The maximum atomic E-state index is 11.9. The number of rotatable bonds is 3. The number of amides is 2. The highest BCUT2D eigenvalue weighted by Gasteiger charge is 2.34. The summed E-state index contributed by atoms with van der Waals surface area (Å²) in [6.45, 7) is 0.958. The summed E-state index contributed by atoms with van der Waals surface area (Å²) in [5.41, 5.74) is 0.833. The van der Waals surface area contributed by atoms with E-state index in [1.807, 2.05) is 0 Å².